The molecule has 0 amide bonds. The second-order valence-electron chi connectivity index (χ2n) is 18.0. The van der Waals surface area contributed by atoms with Gasteiger partial charge in [-0.15, -0.1) is 0 Å². The largest absolute Gasteiger partial charge is 0.309 e. The van der Waals surface area contributed by atoms with Gasteiger partial charge in [-0.2, -0.15) is 9.97 Å². The Labute approximate surface area is 401 Å². The Morgan fingerprint density at radius 2 is 0.571 bits per heavy atom. The molecule has 70 heavy (non-hydrogen) atoms. The average molecular weight is 894 g/mol. The lowest BCUT2D eigenvalue weighted by molar-refractivity contribution is 0.954. The van der Waals surface area contributed by atoms with E-state index in [2.05, 4.69) is 255 Å². The van der Waals surface area contributed by atoms with Crippen LogP contribution in [0.2, 0.25) is 0 Å². The van der Waals surface area contributed by atoms with Gasteiger partial charge in [0.25, 0.3) is 0 Å². The lowest BCUT2D eigenvalue weighted by Crippen LogP contribution is -2.07. The van der Waals surface area contributed by atoms with E-state index in [4.69, 9.17) is 15.0 Å². The summed E-state index contributed by atoms with van der Waals surface area (Å²) in [5, 5.41) is 9.23. The Morgan fingerprint density at radius 1 is 0.229 bits per heavy atom. The Bertz CT molecular complexity index is 4400. The summed E-state index contributed by atoms with van der Waals surface area (Å²) in [7, 11) is 0. The van der Waals surface area contributed by atoms with E-state index >= 15 is 0 Å². The number of para-hydroxylation sites is 9. The first-order valence-corrected chi connectivity index (χ1v) is 23.7. The highest BCUT2D eigenvalue weighted by Gasteiger charge is 2.26. The summed E-state index contributed by atoms with van der Waals surface area (Å²) in [6.45, 7) is 0. The smallest absolute Gasteiger partial charge is 0.238 e. The molecule has 0 bridgehead atoms. The maximum atomic E-state index is 5.64. The monoisotopic (exact) mass is 893 g/mol. The van der Waals surface area contributed by atoms with Gasteiger partial charge in [0.05, 0.1) is 44.1 Å². The predicted molar refractivity (Wildman–Crippen MR) is 288 cm³/mol. The van der Waals surface area contributed by atoms with Gasteiger partial charge in [0, 0.05) is 71.3 Å². The molecule has 7 nitrogen and oxygen atoms in total. The van der Waals surface area contributed by atoms with Gasteiger partial charge >= 0.3 is 0 Å². The quantitative estimate of drug-likeness (QED) is 0.167. The van der Waals surface area contributed by atoms with E-state index in [1.807, 2.05) is 0 Å². The van der Waals surface area contributed by atoms with Gasteiger partial charge in [-0.05, 0) is 84.9 Å². The van der Waals surface area contributed by atoms with Gasteiger partial charge < -0.3 is 13.7 Å². The number of fused-ring (bicyclic) bond motifs is 13. The topological polar surface area (TPSA) is 58.4 Å². The molecule has 0 saturated carbocycles. The second-order valence-corrected chi connectivity index (χ2v) is 18.0. The molecule has 15 aromatic rings. The van der Waals surface area contributed by atoms with Crippen molar-refractivity contribution in [3.05, 3.63) is 237 Å². The summed E-state index contributed by atoms with van der Waals surface area (Å²) in [5.74, 6) is 1.70. The summed E-state index contributed by atoms with van der Waals surface area (Å²) >= 11 is 0. The van der Waals surface area contributed by atoms with Gasteiger partial charge in [0.2, 0.25) is 5.95 Å². The summed E-state index contributed by atoms with van der Waals surface area (Å²) < 4.78 is 9.36. The molecule has 0 aliphatic rings. The molecular formula is C63H39N7. The molecule has 5 heterocycles. The molecule has 0 aliphatic heterocycles. The van der Waals surface area contributed by atoms with E-state index in [1.54, 1.807) is 0 Å². The third-order valence-corrected chi connectivity index (χ3v) is 14.2. The fourth-order valence-corrected chi connectivity index (χ4v) is 11.4. The Hall–Kier alpha value is -9.59. The van der Waals surface area contributed by atoms with E-state index in [9.17, 15) is 0 Å². The van der Waals surface area contributed by atoms with E-state index in [-0.39, 0.29) is 0 Å². The Balaban J connectivity index is 1.09. The van der Waals surface area contributed by atoms with E-state index in [0.29, 0.717) is 17.6 Å². The van der Waals surface area contributed by atoms with Crippen molar-refractivity contribution in [1.29, 1.82) is 0 Å². The summed E-state index contributed by atoms with van der Waals surface area (Å²) in [6, 6.07) is 84.1. The summed E-state index contributed by atoms with van der Waals surface area (Å²) in [4.78, 5) is 16.9. The Kier molecular flexibility index (Phi) is 8.23. The molecular weight excluding hydrogens is 855 g/mol. The zero-order chi connectivity index (χ0) is 45.9. The minimum absolute atomic E-state index is 0.538. The molecule has 0 saturated heterocycles. The van der Waals surface area contributed by atoms with Crippen LogP contribution in [0.25, 0.3) is 133 Å². The van der Waals surface area contributed by atoms with Crippen molar-refractivity contribution < 1.29 is 0 Å². The average Bonchev–Trinajstić information content (AvgIpc) is 4.17. The van der Waals surface area contributed by atoms with Gasteiger partial charge in [0.1, 0.15) is 0 Å². The van der Waals surface area contributed by atoms with Crippen LogP contribution in [0.4, 0.5) is 0 Å². The summed E-state index contributed by atoms with van der Waals surface area (Å²) in [6.07, 6.45) is 0. The molecule has 7 heteroatoms. The standard InChI is InChI=1S/C63H39N7/c1-4-20-40(21-5-1)67-53-36-16-12-28-47(53)57-55(67)38-39-56-58(57)48-29-13-17-37-54(48)70(56)63-65-61(49-32-18-30-45-43-26-10-14-34-51(43)68(59(45)49)41-22-6-2-7-23-41)64-62(66-63)50-33-19-31-46-44-27-11-15-35-52(44)69(60(46)50)42-24-8-3-9-25-42/h1-39H. The van der Waals surface area contributed by atoms with Crippen molar-refractivity contribution in [1.82, 2.24) is 33.2 Å². The molecule has 0 aliphatic carbocycles. The third kappa shape index (κ3) is 5.48. The molecule has 0 atom stereocenters. The molecule has 0 N–H and O–H groups in total. The van der Waals surface area contributed by atoms with Crippen molar-refractivity contribution in [2.45, 2.75) is 0 Å². The van der Waals surface area contributed by atoms with E-state index < -0.39 is 0 Å². The Morgan fingerprint density at radius 3 is 1.03 bits per heavy atom. The second kappa shape index (κ2) is 15.0. The molecule has 10 aromatic carbocycles. The molecule has 0 radical (unpaired) electrons. The van der Waals surface area contributed by atoms with E-state index in [1.165, 1.54) is 10.8 Å². The molecule has 0 spiro atoms. The van der Waals surface area contributed by atoms with Crippen molar-refractivity contribution in [2.75, 3.05) is 0 Å². The highest BCUT2D eigenvalue weighted by atomic mass is 15.2. The van der Waals surface area contributed by atoms with Crippen LogP contribution in [0.5, 0.6) is 0 Å². The number of rotatable bonds is 6. The number of benzene rings is 10. The van der Waals surface area contributed by atoms with E-state index in [0.717, 1.165) is 105 Å². The number of hydrogen-bond donors (Lipinski definition) is 0. The maximum absolute atomic E-state index is 5.64. The van der Waals surface area contributed by atoms with Crippen LogP contribution in [0, 0.1) is 0 Å². The fraction of sp³-hybridized carbons (Fsp3) is 0. The van der Waals surface area contributed by atoms with Gasteiger partial charge in [-0.3, -0.25) is 4.57 Å². The van der Waals surface area contributed by atoms with Crippen LogP contribution in [0.3, 0.4) is 0 Å². The number of nitrogens with zero attached hydrogens (tertiary/aromatic N) is 7. The first-order valence-electron chi connectivity index (χ1n) is 23.7. The van der Waals surface area contributed by atoms with Crippen LogP contribution in [0.1, 0.15) is 0 Å². The molecule has 0 fully saturated rings. The van der Waals surface area contributed by atoms with Crippen LogP contribution in [0.15, 0.2) is 237 Å². The number of hydrogen-bond acceptors (Lipinski definition) is 3. The van der Waals surface area contributed by atoms with Crippen molar-refractivity contribution in [3.8, 4) is 45.8 Å². The molecule has 0 unspecified atom stereocenters. The van der Waals surface area contributed by atoms with Gasteiger partial charge in [-0.1, -0.05) is 152 Å². The lowest BCUT2D eigenvalue weighted by atomic mass is 10.1. The maximum Gasteiger partial charge on any atom is 0.238 e. The zero-order valence-electron chi connectivity index (χ0n) is 37.6. The minimum atomic E-state index is 0.538. The summed E-state index contributed by atoms with van der Waals surface area (Å²) in [5.41, 5.74) is 13.7. The number of aromatic nitrogens is 7. The minimum Gasteiger partial charge on any atom is -0.309 e. The van der Waals surface area contributed by atoms with Gasteiger partial charge in [-0.25, -0.2) is 4.98 Å². The normalized spacial score (nSPS) is 12.0. The van der Waals surface area contributed by atoms with Gasteiger partial charge in [0.15, 0.2) is 11.6 Å². The third-order valence-electron chi connectivity index (χ3n) is 14.2. The molecule has 15 rings (SSSR count). The van der Waals surface area contributed by atoms with Crippen LogP contribution >= 0.6 is 0 Å². The predicted octanol–water partition coefficient (Wildman–Crippen LogP) is 15.6. The highest BCUT2D eigenvalue weighted by molar-refractivity contribution is 6.29. The van der Waals surface area contributed by atoms with Crippen molar-refractivity contribution >= 4 is 87.2 Å². The van der Waals surface area contributed by atoms with Crippen LogP contribution in [-0.4, -0.2) is 33.2 Å². The fourth-order valence-electron chi connectivity index (χ4n) is 11.4. The SMILES string of the molecule is c1ccc(-n2c3ccccc3c3c4c5ccccc5n(-c5nc(-c6cccc7c8ccccc8n(-c8ccccc8)c67)nc(-c6cccc7c8ccccc8n(-c8ccccc8)c67)n5)c4ccc32)cc1. The zero-order valence-corrected chi connectivity index (χ0v) is 37.6. The molecule has 5 aromatic heterocycles. The van der Waals surface area contributed by atoms with Crippen molar-refractivity contribution in [3.63, 3.8) is 0 Å². The first kappa shape index (κ1) is 38.5. The first-order chi connectivity index (χ1) is 34.8. The highest BCUT2D eigenvalue weighted by Crippen LogP contribution is 2.44. The molecule has 326 valence electrons. The lowest BCUT2D eigenvalue weighted by Gasteiger charge is -2.15. The van der Waals surface area contributed by atoms with Crippen molar-refractivity contribution in [2.24, 2.45) is 0 Å². The van der Waals surface area contributed by atoms with Crippen LogP contribution in [-0.2, 0) is 0 Å². The van der Waals surface area contributed by atoms with Crippen LogP contribution < -0.4 is 0 Å².